The normalized spacial score (nSPS) is 18.5. The number of H-pyrrole nitrogens is 2. The third-order valence-electron chi connectivity index (χ3n) is 12.6. The van der Waals surface area contributed by atoms with E-state index in [0.29, 0.717) is 158 Å². The molecule has 0 saturated carbocycles. The summed E-state index contributed by atoms with van der Waals surface area (Å²) in [6, 6.07) is 31.9. The first kappa shape index (κ1) is 47.1. The van der Waals surface area contributed by atoms with Gasteiger partial charge in [-0.3, -0.25) is 19.4 Å². The molecule has 0 aliphatic carbocycles. The van der Waals surface area contributed by atoms with Crippen LogP contribution in [0.25, 0.3) is 79.8 Å². The van der Waals surface area contributed by atoms with Gasteiger partial charge in [-0.1, -0.05) is 54.6 Å². The highest BCUT2D eigenvalue weighted by Gasteiger charge is 2.23. The molecule has 0 atom stereocenters. The van der Waals surface area contributed by atoms with Crippen molar-refractivity contribution in [3.8, 4) is 33.4 Å². The van der Waals surface area contributed by atoms with E-state index in [1.807, 2.05) is 119 Å². The Balaban J connectivity index is 1.22. The second-order valence-corrected chi connectivity index (χ2v) is 17.4. The largest absolute Gasteiger partial charge is 0.478 e. The molecule has 16 nitrogen and oxygen atoms in total. The lowest BCUT2D eigenvalue weighted by atomic mass is 9.98. The van der Waals surface area contributed by atoms with Crippen LogP contribution in [0, 0.1) is 0 Å². The topological polar surface area (TPSA) is 196 Å². The van der Waals surface area contributed by atoms with Gasteiger partial charge in [-0.15, -0.1) is 0 Å². The van der Waals surface area contributed by atoms with Crippen molar-refractivity contribution < 1.29 is 38.4 Å². The van der Waals surface area contributed by atoms with Gasteiger partial charge in [0.15, 0.2) is 0 Å². The molecule has 1 saturated heterocycles. The quantitative estimate of drug-likeness (QED) is 0.112. The molecule has 10 heterocycles. The van der Waals surface area contributed by atoms with Crippen LogP contribution in [0.3, 0.4) is 0 Å². The summed E-state index contributed by atoms with van der Waals surface area (Å²) >= 11 is 0. The van der Waals surface area contributed by atoms with E-state index in [1.54, 1.807) is 18.2 Å². The summed E-state index contributed by atoms with van der Waals surface area (Å²) in [4.78, 5) is 63.0. The summed E-state index contributed by atoms with van der Waals surface area (Å²) in [7, 11) is 0. The lowest BCUT2D eigenvalue weighted by Gasteiger charge is -2.23. The molecule has 0 unspecified atom stereocenters. The third-order valence-corrected chi connectivity index (χ3v) is 12.6. The van der Waals surface area contributed by atoms with Crippen LogP contribution >= 0.6 is 0 Å². The SMILES string of the molecule is O=C1CN2CCOCCOCCN(CCOCCOCC2)CC(=O)Nc2ccccc2-c2c3nc(cc4ccc([nH]4)c(c4nc(c(-c5ccccc5C(=O)O)c5ccc2[nH]5)C=C4)-c2ccccc2N1)C=C3. The molecule has 7 aliphatic heterocycles. The molecule has 2 amide bonds. The maximum atomic E-state index is 14.1. The van der Waals surface area contributed by atoms with Crippen LogP contribution in [0.2, 0.25) is 0 Å². The third kappa shape index (κ3) is 11.1. The molecule has 0 radical (unpaired) electrons. The molecule has 7 aliphatic rings. The van der Waals surface area contributed by atoms with Crippen molar-refractivity contribution in [2.45, 2.75) is 0 Å². The molecule has 3 aromatic heterocycles. The van der Waals surface area contributed by atoms with E-state index in [2.05, 4.69) is 20.6 Å². The van der Waals surface area contributed by atoms with Gasteiger partial charge in [0.25, 0.3) is 0 Å². The summed E-state index contributed by atoms with van der Waals surface area (Å²) in [5.74, 6) is -1.53. The van der Waals surface area contributed by atoms with Crippen molar-refractivity contribution in [1.29, 1.82) is 0 Å². The maximum absolute atomic E-state index is 14.1. The van der Waals surface area contributed by atoms with Crippen molar-refractivity contribution in [3.63, 3.8) is 0 Å². The average Bonchev–Trinajstić information content (AvgIpc) is 4.22. The van der Waals surface area contributed by atoms with E-state index in [-0.39, 0.29) is 30.5 Å². The minimum Gasteiger partial charge on any atom is -0.478 e. The fourth-order valence-electron chi connectivity index (χ4n) is 9.24. The maximum Gasteiger partial charge on any atom is 0.336 e. The van der Waals surface area contributed by atoms with Gasteiger partial charge in [0, 0.05) is 93.0 Å². The highest BCUT2D eigenvalue weighted by atomic mass is 16.5. The van der Waals surface area contributed by atoms with Gasteiger partial charge in [0.2, 0.25) is 11.8 Å². The van der Waals surface area contributed by atoms with E-state index in [0.717, 1.165) is 11.0 Å². The second-order valence-electron chi connectivity index (χ2n) is 17.4. The molecule has 6 aromatic rings. The Labute approximate surface area is 410 Å². The van der Waals surface area contributed by atoms with Crippen LogP contribution < -0.4 is 10.6 Å². The van der Waals surface area contributed by atoms with Gasteiger partial charge in [-0.25, -0.2) is 14.8 Å². The number of nitrogens with one attached hydrogen (secondary N) is 4. The number of carbonyl (C=O) groups excluding carboxylic acids is 2. The Hall–Kier alpha value is -7.57. The van der Waals surface area contributed by atoms with Crippen LogP contribution in [0.4, 0.5) is 11.4 Å². The zero-order chi connectivity index (χ0) is 48.5. The summed E-state index contributed by atoms with van der Waals surface area (Å²) in [6.45, 7) is 5.02. The minimum atomic E-state index is -1.09. The standard InChI is InChI=1S/C55H54N8O8/c64-50-34-62-21-25-68-29-31-70-27-23-63(24-28-71-32-30-69-26-22-62)35-51(65)61-43-12-6-4-10-41(43)54-45-16-14-37(57-45)33-36-13-15-44(56-36)53(40-9-3-5-11-42(40)60-50)48-19-17-46(58-48)52(47-18-20-49(54)59-47)38-7-1-2-8-39(38)55(66)67/h1-20,33,56,59H,21-32,34-35H2,(H,60,64)(H,61,65)(H,66,67). The Morgan fingerprint density at radius 1 is 0.493 bits per heavy atom. The smallest absolute Gasteiger partial charge is 0.336 e. The number of hydrogen-bond donors (Lipinski definition) is 5. The number of carboxylic acid groups (broad SMARTS) is 1. The van der Waals surface area contributed by atoms with Crippen molar-refractivity contribution in [2.24, 2.45) is 0 Å². The summed E-state index contributed by atoms with van der Waals surface area (Å²) in [5.41, 5.74) is 10.3. The number of ether oxygens (including phenoxy) is 4. The van der Waals surface area contributed by atoms with Crippen LogP contribution in [0.1, 0.15) is 33.1 Å². The fraction of sp³-hybridized carbons (Fsp3) is 0.255. The Morgan fingerprint density at radius 2 is 0.930 bits per heavy atom. The second kappa shape index (κ2) is 22.0. The number of nitrogens with zero attached hydrogens (tertiary/aromatic N) is 4. The number of rotatable bonds is 2. The van der Waals surface area contributed by atoms with Gasteiger partial charge >= 0.3 is 5.97 Å². The highest BCUT2D eigenvalue weighted by Crippen LogP contribution is 2.40. The molecule has 3 aromatic carbocycles. The van der Waals surface area contributed by atoms with E-state index in [1.165, 1.54) is 0 Å². The van der Waals surface area contributed by atoms with Crippen LogP contribution in [0.5, 0.6) is 0 Å². The van der Waals surface area contributed by atoms with Gasteiger partial charge < -0.3 is 44.7 Å². The van der Waals surface area contributed by atoms with E-state index in [9.17, 15) is 19.5 Å². The Morgan fingerprint density at radius 3 is 1.46 bits per heavy atom. The van der Waals surface area contributed by atoms with Crippen LogP contribution in [-0.4, -0.2) is 145 Å². The molecule has 0 spiro atoms. The van der Waals surface area contributed by atoms with Gasteiger partial charge in [-0.05, 0) is 72.8 Å². The number of aromatic carboxylic acids is 1. The Bertz CT molecular complexity index is 3090. The predicted octanol–water partition coefficient (Wildman–Crippen LogP) is 7.93. The monoisotopic (exact) mass is 954 g/mol. The van der Waals surface area contributed by atoms with Gasteiger partial charge in [-0.2, -0.15) is 0 Å². The number of amides is 2. The number of para-hydroxylation sites is 2. The first-order valence-electron chi connectivity index (χ1n) is 23.8. The van der Waals surface area contributed by atoms with Gasteiger partial charge in [0.1, 0.15) is 0 Å². The molecular formula is C55H54N8O8. The molecule has 71 heavy (non-hydrogen) atoms. The first-order chi connectivity index (χ1) is 34.8. The number of hydrogen-bond acceptors (Lipinski definition) is 11. The lowest BCUT2D eigenvalue weighted by Crippen LogP contribution is -2.39. The summed E-state index contributed by atoms with van der Waals surface area (Å²) < 4.78 is 23.9. The number of aromatic nitrogens is 4. The molecule has 12 bridgehead atoms. The van der Waals surface area contributed by atoms with Crippen molar-refractivity contribution >= 4 is 75.5 Å². The summed E-state index contributed by atoms with van der Waals surface area (Å²) in [5, 5.41) is 17.0. The van der Waals surface area contributed by atoms with Crippen molar-refractivity contribution in [2.75, 3.05) is 103 Å². The van der Waals surface area contributed by atoms with Crippen molar-refractivity contribution in [3.05, 3.63) is 131 Å². The molecule has 1 fully saturated rings. The Kier molecular flexibility index (Phi) is 14.6. The van der Waals surface area contributed by atoms with Crippen LogP contribution in [-0.2, 0) is 28.5 Å². The predicted molar refractivity (Wildman–Crippen MR) is 276 cm³/mol. The molecule has 5 N–H and O–H groups in total. The number of carbonyl (C=O) groups is 3. The molecule has 362 valence electrons. The number of anilines is 2. The van der Waals surface area contributed by atoms with Crippen molar-refractivity contribution in [1.82, 2.24) is 29.7 Å². The average molecular weight is 955 g/mol. The number of benzene rings is 3. The zero-order valence-corrected chi connectivity index (χ0v) is 39.1. The fourth-order valence-corrected chi connectivity index (χ4v) is 9.24. The van der Waals surface area contributed by atoms with E-state index >= 15 is 0 Å². The molecular weight excluding hydrogens is 901 g/mol. The highest BCUT2D eigenvalue weighted by molar-refractivity contribution is 6.06. The minimum absolute atomic E-state index is 0.0749. The number of aromatic amines is 2. The van der Waals surface area contributed by atoms with E-state index < -0.39 is 5.97 Å². The van der Waals surface area contributed by atoms with Crippen LogP contribution in [0.15, 0.2) is 103 Å². The van der Waals surface area contributed by atoms with Gasteiger partial charge in [0.05, 0.1) is 94.3 Å². The zero-order valence-electron chi connectivity index (χ0n) is 39.1. The van der Waals surface area contributed by atoms with E-state index in [4.69, 9.17) is 28.9 Å². The lowest BCUT2D eigenvalue weighted by molar-refractivity contribution is -0.118. The summed E-state index contributed by atoms with van der Waals surface area (Å²) in [6.07, 6.45) is 7.70. The first-order valence-corrected chi connectivity index (χ1v) is 23.8. The molecule has 13 rings (SSSR count). The molecule has 16 heteroatoms. The number of carboxylic acids is 1.